The third-order valence-electron chi connectivity index (χ3n) is 4.74. The first-order valence-corrected chi connectivity index (χ1v) is 12.5. The Bertz CT molecular complexity index is 1060. The molecule has 1 saturated heterocycles. The number of benzene rings is 2. The van der Waals surface area contributed by atoms with Crippen LogP contribution in [0.25, 0.3) is 0 Å². The molecule has 158 valence electrons. The van der Waals surface area contributed by atoms with Crippen molar-refractivity contribution in [3.05, 3.63) is 47.5 Å². The van der Waals surface area contributed by atoms with E-state index >= 15 is 0 Å². The van der Waals surface area contributed by atoms with Crippen LogP contribution in [0.3, 0.4) is 0 Å². The molecule has 0 amide bonds. The van der Waals surface area contributed by atoms with Crippen LogP contribution >= 0.6 is 11.6 Å². The van der Waals surface area contributed by atoms with E-state index in [0.29, 0.717) is 18.8 Å². The molecule has 0 radical (unpaired) electrons. The van der Waals surface area contributed by atoms with E-state index in [1.165, 1.54) is 53.9 Å². The highest BCUT2D eigenvalue weighted by Gasteiger charge is 2.25. The van der Waals surface area contributed by atoms with Gasteiger partial charge in [-0.05, 0) is 55.3 Å². The third kappa shape index (κ3) is 5.03. The maximum Gasteiger partial charge on any atom is 0.261 e. The van der Waals surface area contributed by atoms with Crippen LogP contribution in [0.4, 0.5) is 5.69 Å². The predicted molar refractivity (Wildman–Crippen MR) is 112 cm³/mol. The third-order valence-corrected chi connectivity index (χ3v) is 8.33. The SMILES string of the molecule is COc1ccc(S(=O)(=O)Nc2ccc(S(=O)(=O)N3CCCCCC3)cc2)cc1Cl. The van der Waals surface area contributed by atoms with Gasteiger partial charge in [0.15, 0.2) is 0 Å². The summed E-state index contributed by atoms with van der Waals surface area (Å²) < 4.78 is 59.8. The van der Waals surface area contributed by atoms with Gasteiger partial charge in [0.1, 0.15) is 5.75 Å². The number of nitrogens with one attached hydrogen (secondary N) is 1. The van der Waals surface area contributed by atoms with Crippen molar-refractivity contribution in [1.82, 2.24) is 4.31 Å². The van der Waals surface area contributed by atoms with Gasteiger partial charge >= 0.3 is 0 Å². The van der Waals surface area contributed by atoms with Crippen LogP contribution in [-0.2, 0) is 20.0 Å². The largest absolute Gasteiger partial charge is 0.495 e. The van der Waals surface area contributed by atoms with Crippen LogP contribution in [-0.4, -0.2) is 41.3 Å². The van der Waals surface area contributed by atoms with Gasteiger partial charge in [-0.15, -0.1) is 0 Å². The Balaban J connectivity index is 1.78. The fourth-order valence-corrected chi connectivity index (χ4v) is 6.08. The minimum atomic E-state index is -3.88. The number of sulfonamides is 2. The van der Waals surface area contributed by atoms with E-state index in [4.69, 9.17) is 16.3 Å². The number of ether oxygens (including phenoxy) is 1. The van der Waals surface area contributed by atoms with Crippen molar-refractivity contribution in [3.63, 3.8) is 0 Å². The lowest BCUT2D eigenvalue weighted by atomic mass is 10.2. The molecule has 7 nitrogen and oxygen atoms in total. The molecule has 10 heteroatoms. The number of nitrogens with zero attached hydrogens (tertiary/aromatic N) is 1. The Morgan fingerprint density at radius 3 is 2.03 bits per heavy atom. The molecular formula is C19H23ClN2O5S2. The minimum absolute atomic E-state index is 0.0236. The summed E-state index contributed by atoms with van der Waals surface area (Å²) >= 11 is 6.01. The van der Waals surface area contributed by atoms with Crippen molar-refractivity contribution in [1.29, 1.82) is 0 Å². The summed E-state index contributed by atoms with van der Waals surface area (Å²) in [5.41, 5.74) is 0.256. The highest BCUT2D eigenvalue weighted by molar-refractivity contribution is 7.92. The van der Waals surface area contributed by atoms with E-state index in [-0.39, 0.29) is 20.5 Å². The van der Waals surface area contributed by atoms with Gasteiger partial charge in [0.25, 0.3) is 10.0 Å². The van der Waals surface area contributed by atoms with Gasteiger partial charge in [0.2, 0.25) is 10.0 Å². The zero-order valence-electron chi connectivity index (χ0n) is 16.0. The molecule has 1 fully saturated rings. The normalized spacial score (nSPS) is 16.2. The maximum absolute atomic E-state index is 12.8. The second-order valence-electron chi connectivity index (χ2n) is 6.74. The molecule has 0 aromatic heterocycles. The highest BCUT2D eigenvalue weighted by atomic mass is 35.5. The van der Waals surface area contributed by atoms with Crippen molar-refractivity contribution in [2.45, 2.75) is 35.5 Å². The first-order chi connectivity index (χ1) is 13.7. The van der Waals surface area contributed by atoms with Crippen molar-refractivity contribution >= 4 is 37.3 Å². The lowest BCUT2D eigenvalue weighted by Crippen LogP contribution is -2.31. The lowest BCUT2D eigenvalue weighted by molar-refractivity contribution is 0.414. The molecule has 1 N–H and O–H groups in total. The quantitative estimate of drug-likeness (QED) is 0.712. The topological polar surface area (TPSA) is 92.8 Å². The van der Waals surface area contributed by atoms with Gasteiger partial charge in [-0.1, -0.05) is 24.4 Å². The van der Waals surface area contributed by atoms with Crippen LogP contribution in [0.5, 0.6) is 5.75 Å². The molecule has 0 aliphatic carbocycles. The molecule has 1 heterocycles. The number of rotatable bonds is 6. The summed E-state index contributed by atoms with van der Waals surface area (Å²) in [5, 5.41) is 0.175. The molecule has 2 aromatic carbocycles. The molecular weight excluding hydrogens is 436 g/mol. The zero-order valence-corrected chi connectivity index (χ0v) is 18.4. The van der Waals surface area contributed by atoms with Gasteiger partial charge in [0.05, 0.1) is 21.9 Å². The second kappa shape index (κ2) is 8.91. The molecule has 0 atom stereocenters. The smallest absolute Gasteiger partial charge is 0.261 e. The summed E-state index contributed by atoms with van der Waals surface area (Å²) in [7, 11) is -6.03. The van der Waals surface area contributed by atoms with Crippen molar-refractivity contribution < 1.29 is 21.6 Å². The molecule has 0 spiro atoms. The molecule has 3 rings (SSSR count). The second-order valence-corrected chi connectivity index (χ2v) is 10.8. The number of hydrogen-bond acceptors (Lipinski definition) is 5. The first-order valence-electron chi connectivity index (χ1n) is 9.20. The maximum atomic E-state index is 12.8. The van der Waals surface area contributed by atoms with Crippen molar-refractivity contribution in [2.75, 3.05) is 24.9 Å². The zero-order chi connectivity index (χ0) is 21.1. The van der Waals surface area contributed by atoms with Crippen LogP contribution in [0.2, 0.25) is 5.02 Å². The molecule has 0 unspecified atom stereocenters. The molecule has 0 saturated carbocycles. The minimum Gasteiger partial charge on any atom is -0.495 e. The number of halogens is 1. The van der Waals surface area contributed by atoms with E-state index < -0.39 is 20.0 Å². The Morgan fingerprint density at radius 1 is 0.897 bits per heavy atom. The molecule has 0 bridgehead atoms. The summed E-state index contributed by atoms with van der Waals surface area (Å²) in [5.74, 6) is 0.369. The fourth-order valence-electron chi connectivity index (χ4n) is 3.15. The van der Waals surface area contributed by atoms with E-state index in [9.17, 15) is 16.8 Å². The first kappa shape index (κ1) is 21.9. The molecule has 2 aromatic rings. The van der Waals surface area contributed by atoms with Gasteiger partial charge in [-0.3, -0.25) is 4.72 Å². The molecule has 1 aliphatic rings. The standard InChI is InChI=1S/C19H23ClN2O5S2/c1-27-19-11-10-17(14-18(19)20)28(23,24)21-15-6-8-16(9-7-15)29(25,26)22-12-4-2-3-5-13-22/h6-11,14,21H,2-5,12-13H2,1H3. The average Bonchev–Trinajstić information content (AvgIpc) is 2.98. The van der Waals surface area contributed by atoms with Crippen LogP contribution < -0.4 is 9.46 Å². The lowest BCUT2D eigenvalue weighted by Gasteiger charge is -2.20. The van der Waals surface area contributed by atoms with E-state index in [1.807, 2.05) is 0 Å². The Morgan fingerprint density at radius 2 is 1.48 bits per heavy atom. The highest BCUT2D eigenvalue weighted by Crippen LogP contribution is 2.28. The van der Waals surface area contributed by atoms with Crippen LogP contribution in [0, 0.1) is 0 Å². The number of methoxy groups -OCH3 is 1. The van der Waals surface area contributed by atoms with Gasteiger partial charge in [-0.25, -0.2) is 16.8 Å². The van der Waals surface area contributed by atoms with E-state index in [1.54, 1.807) is 0 Å². The Kier molecular flexibility index (Phi) is 6.72. The monoisotopic (exact) mass is 458 g/mol. The van der Waals surface area contributed by atoms with Gasteiger partial charge in [0, 0.05) is 18.8 Å². The van der Waals surface area contributed by atoms with E-state index in [2.05, 4.69) is 4.72 Å². The van der Waals surface area contributed by atoms with Crippen molar-refractivity contribution in [3.8, 4) is 5.75 Å². The van der Waals surface area contributed by atoms with Gasteiger partial charge in [-0.2, -0.15) is 4.31 Å². The molecule has 29 heavy (non-hydrogen) atoms. The van der Waals surface area contributed by atoms with Crippen molar-refractivity contribution in [2.24, 2.45) is 0 Å². The number of hydrogen-bond donors (Lipinski definition) is 1. The molecule has 1 aliphatic heterocycles. The fraction of sp³-hybridized carbons (Fsp3) is 0.368. The summed E-state index contributed by atoms with van der Waals surface area (Å²) in [6, 6.07) is 9.85. The Hall–Kier alpha value is -1.81. The number of anilines is 1. The van der Waals surface area contributed by atoms with E-state index in [0.717, 1.165) is 25.7 Å². The summed E-state index contributed by atoms with van der Waals surface area (Å²) in [4.78, 5) is 0.124. The summed E-state index contributed by atoms with van der Waals surface area (Å²) in [6.07, 6.45) is 3.76. The summed E-state index contributed by atoms with van der Waals surface area (Å²) in [6.45, 7) is 1.02. The predicted octanol–water partition coefficient (Wildman–Crippen LogP) is 3.71. The van der Waals surface area contributed by atoms with Crippen LogP contribution in [0.15, 0.2) is 52.3 Å². The van der Waals surface area contributed by atoms with Crippen LogP contribution in [0.1, 0.15) is 25.7 Å². The Labute approximate surface area is 176 Å². The van der Waals surface area contributed by atoms with Gasteiger partial charge < -0.3 is 4.74 Å². The average molecular weight is 459 g/mol.